The second kappa shape index (κ2) is 4.07. The van der Waals surface area contributed by atoms with Crippen molar-refractivity contribution < 1.29 is 4.74 Å². The Bertz CT molecular complexity index is 546. The lowest BCUT2D eigenvalue weighted by atomic mass is 10.3. The second-order valence-corrected chi connectivity index (χ2v) is 5.26. The van der Waals surface area contributed by atoms with Crippen LogP contribution in [0.2, 0.25) is 0 Å². The Balaban J connectivity index is 2.08. The van der Waals surface area contributed by atoms with Crippen molar-refractivity contribution in [1.29, 1.82) is 0 Å². The number of methoxy groups -OCH3 is 1. The summed E-state index contributed by atoms with van der Waals surface area (Å²) in [6, 6.07) is 3.83. The van der Waals surface area contributed by atoms with Crippen molar-refractivity contribution in [2.75, 3.05) is 30.8 Å². The molecule has 1 aromatic heterocycles. The fourth-order valence-corrected chi connectivity index (χ4v) is 3.26. The number of rotatable bonds is 2. The van der Waals surface area contributed by atoms with Crippen LogP contribution in [0.5, 0.6) is 5.75 Å². The van der Waals surface area contributed by atoms with Gasteiger partial charge in [-0.2, -0.15) is 0 Å². The number of nitrogens with two attached hydrogens (primary N) is 1. The fraction of sp³-hybridized carbons (Fsp3) is 0.417. The Hall–Kier alpha value is -1.49. The zero-order chi connectivity index (χ0) is 11.8. The molecule has 1 aliphatic heterocycles. The molecule has 0 saturated carbocycles. The second-order valence-electron chi connectivity index (χ2n) is 4.25. The van der Waals surface area contributed by atoms with Gasteiger partial charge in [0, 0.05) is 19.2 Å². The van der Waals surface area contributed by atoms with Gasteiger partial charge in [-0.1, -0.05) is 11.3 Å². The van der Waals surface area contributed by atoms with E-state index in [0.29, 0.717) is 5.69 Å². The molecule has 1 aromatic carbocycles. The van der Waals surface area contributed by atoms with Crippen LogP contribution in [0.3, 0.4) is 0 Å². The van der Waals surface area contributed by atoms with Crippen molar-refractivity contribution in [2.24, 2.45) is 0 Å². The van der Waals surface area contributed by atoms with E-state index in [-0.39, 0.29) is 0 Å². The molecule has 2 aromatic rings. The van der Waals surface area contributed by atoms with Crippen LogP contribution >= 0.6 is 11.3 Å². The number of hydrogen-bond donors (Lipinski definition) is 1. The molecule has 0 amide bonds. The predicted molar refractivity (Wildman–Crippen MR) is 72.0 cm³/mol. The van der Waals surface area contributed by atoms with Crippen molar-refractivity contribution in [3.63, 3.8) is 0 Å². The molecule has 90 valence electrons. The highest BCUT2D eigenvalue weighted by Crippen LogP contribution is 2.36. The van der Waals surface area contributed by atoms with Crippen molar-refractivity contribution in [3.8, 4) is 5.75 Å². The van der Waals surface area contributed by atoms with Crippen molar-refractivity contribution in [2.45, 2.75) is 12.8 Å². The summed E-state index contributed by atoms with van der Waals surface area (Å²) >= 11 is 1.69. The van der Waals surface area contributed by atoms with E-state index in [2.05, 4.69) is 9.88 Å². The number of aromatic nitrogens is 1. The van der Waals surface area contributed by atoms with Gasteiger partial charge in [0.1, 0.15) is 11.3 Å². The molecule has 3 rings (SSSR count). The van der Waals surface area contributed by atoms with Gasteiger partial charge in [0.25, 0.3) is 0 Å². The van der Waals surface area contributed by atoms with Gasteiger partial charge >= 0.3 is 0 Å². The van der Waals surface area contributed by atoms with E-state index in [9.17, 15) is 0 Å². The zero-order valence-electron chi connectivity index (χ0n) is 9.77. The number of thiazole rings is 1. The van der Waals surface area contributed by atoms with E-state index in [1.54, 1.807) is 18.4 Å². The van der Waals surface area contributed by atoms with Crippen molar-refractivity contribution >= 4 is 32.4 Å². The molecule has 2 N–H and O–H groups in total. The number of ether oxygens (including phenoxy) is 1. The minimum absolute atomic E-state index is 0.695. The Morgan fingerprint density at radius 1 is 1.35 bits per heavy atom. The van der Waals surface area contributed by atoms with Crippen LogP contribution in [-0.2, 0) is 0 Å². The summed E-state index contributed by atoms with van der Waals surface area (Å²) in [5, 5.41) is 1.08. The van der Waals surface area contributed by atoms with E-state index in [1.165, 1.54) is 12.8 Å². The molecule has 0 radical (unpaired) electrons. The average Bonchev–Trinajstić information content (AvgIpc) is 2.96. The monoisotopic (exact) mass is 249 g/mol. The minimum Gasteiger partial charge on any atom is -0.497 e. The predicted octanol–water partition coefficient (Wildman–Crippen LogP) is 2.49. The molecule has 1 aliphatic rings. The first-order valence-electron chi connectivity index (χ1n) is 5.77. The van der Waals surface area contributed by atoms with Gasteiger partial charge in [-0.25, -0.2) is 4.98 Å². The number of benzene rings is 1. The van der Waals surface area contributed by atoms with E-state index in [1.807, 2.05) is 12.1 Å². The van der Waals surface area contributed by atoms with E-state index in [0.717, 1.165) is 34.2 Å². The number of hydrogen-bond acceptors (Lipinski definition) is 5. The molecule has 5 heteroatoms. The SMILES string of the molecule is COc1cc(N)c2nc(N3CCCC3)sc2c1. The van der Waals surface area contributed by atoms with Crippen LogP contribution in [0.25, 0.3) is 10.2 Å². The minimum atomic E-state index is 0.695. The summed E-state index contributed by atoms with van der Waals surface area (Å²) in [5.41, 5.74) is 7.59. The molecule has 0 bridgehead atoms. The van der Waals surface area contributed by atoms with Gasteiger partial charge in [-0.05, 0) is 18.9 Å². The molecule has 0 spiro atoms. The number of nitrogens with zero attached hydrogens (tertiary/aromatic N) is 2. The van der Waals surface area contributed by atoms with Gasteiger partial charge in [-0.15, -0.1) is 0 Å². The molecular formula is C12H15N3OS. The largest absolute Gasteiger partial charge is 0.497 e. The molecule has 1 fully saturated rings. The first-order chi connectivity index (χ1) is 8.28. The van der Waals surface area contributed by atoms with E-state index >= 15 is 0 Å². The molecule has 17 heavy (non-hydrogen) atoms. The highest BCUT2D eigenvalue weighted by molar-refractivity contribution is 7.22. The molecule has 2 heterocycles. The lowest BCUT2D eigenvalue weighted by Gasteiger charge is -2.11. The van der Waals surface area contributed by atoms with E-state index < -0.39 is 0 Å². The van der Waals surface area contributed by atoms with Crippen LogP contribution in [0.4, 0.5) is 10.8 Å². The van der Waals surface area contributed by atoms with Crippen LogP contribution < -0.4 is 15.4 Å². The van der Waals surface area contributed by atoms with Gasteiger partial charge < -0.3 is 15.4 Å². The summed E-state index contributed by atoms with van der Waals surface area (Å²) < 4.78 is 6.32. The summed E-state index contributed by atoms with van der Waals surface area (Å²) in [4.78, 5) is 6.96. The quantitative estimate of drug-likeness (QED) is 0.831. The maximum atomic E-state index is 5.99. The summed E-state index contributed by atoms with van der Waals surface area (Å²) in [5.74, 6) is 0.798. The molecule has 1 saturated heterocycles. The highest BCUT2D eigenvalue weighted by atomic mass is 32.1. The van der Waals surface area contributed by atoms with E-state index in [4.69, 9.17) is 10.5 Å². The normalized spacial score (nSPS) is 15.7. The molecule has 0 aliphatic carbocycles. The lowest BCUT2D eigenvalue weighted by molar-refractivity contribution is 0.415. The Morgan fingerprint density at radius 3 is 2.82 bits per heavy atom. The van der Waals surface area contributed by atoms with Gasteiger partial charge in [-0.3, -0.25) is 0 Å². The summed E-state index contributed by atoms with van der Waals surface area (Å²) in [7, 11) is 1.66. The first-order valence-corrected chi connectivity index (χ1v) is 6.58. The molecular weight excluding hydrogens is 234 g/mol. The maximum Gasteiger partial charge on any atom is 0.186 e. The highest BCUT2D eigenvalue weighted by Gasteiger charge is 2.17. The van der Waals surface area contributed by atoms with Crippen LogP contribution in [0.15, 0.2) is 12.1 Å². The van der Waals surface area contributed by atoms with Crippen LogP contribution in [0, 0.1) is 0 Å². The topological polar surface area (TPSA) is 51.4 Å². The van der Waals surface area contributed by atoms with Crippen LogP contribution in [0.1, 0.15) is 12.8 Å². The Morgan fingerprint density at radius 2 is 2.12 bits per heavy atom. The van der Waals surface area contributed by atoms with Crippen molar-refractivity contribution in [3.05, 3.63) is 12.1 Å². The van der Waals surface area contributed by atoms with Gasteiger partial charge in [0.05, 0.1) is 17.5 Å². The summed E-state index contributed by atoms with van der Waals surface area (Å²) in [6.45, 7) is 2.22. The standard InChI is InChI=1S/C12H15N3OS/c1-16-8-6-9(13)11-10(7-8)17-12(14-11)15-4-2-3-5-15/h6-7H,2-5,13H2,1H3. The van der Waals surface area contributed by atoms with Gasteiger partial charge in [0.15, 0.2) is 5.13 Å². The lowest BCUT2D eigenvalue weighted by Crippen LogP contribution is -2.16. The third-order valence-corrected chi connectivity index (χ3v) is 4.16. The molecule has 4 nitrogen and oxygen atoms in total. The summed E-state index contributed by atoms with van der Waals surface area (Å²) in [6.07, 6.45) is 2.52. The first kappa shape index (κ1) is 10.7. The average molecular weight is 249 g/mol. The van der Waals surface area contributed by atoms with Crippen LogP contribution in [-0.4, -0.2) is 25.2 Å². The molecule has 0 unspecified atom stereocenters. The Labute approximate surface area is 104 Å². The fourth-order valence-electron chi connectivity index (χ4n) is 2.18. The number of fused-ring (bicyclic) bond motifs is 1. The number of anilines is 2. The Kier molecular flexibility index (Phi) is 2.55. The smallest absolute Gasteiger partial charge is 0.186 e. The number of nitrogen functional groups attached to an aromatic ring is 1. The van der Waals surface area contributed by atoms with Crippen molar-refractivity contribution in [1.82, 2.24) is 4.98 Å². The van der Waals surface area contributed by atoms with Gasteiger partial charge in [0.2, 0.25) is 0 Å². The third kappa shape index (κ3) is 1.80. The zero-order valence-corrected chi connectivity index (χ0v) is 10.6. The third-order valence-electron chi connectivity index (χ3n) is 3.10. The maximum absolute atomic E-state index is 5.99. The molecule has 0 atom stereocenters.